The molecular formula is C27H28N2O6S. The first-order valence-electron chi connectivity index (χ1n) is 11.5. The van der Waals surface area contributed by atoms with Crippen LogP contribution in [-0.2, 0) is 14.3 Å². The van der Waals surface area contributed by atoms with Crippen molar-refractivity contribution in [2.45, 2.75) is 20.3 Å². The van der Waals surface area contributed by atoms with Gasteiger partial charge in [-0.3, -0.25) is 9.59 Å². The van der Waals surface area contributed by atoms with E-state index in [1.54, 1.807) is 36.4 Å². The van der Waals surface area contributed by atoms with Crippen molar-refractivity contribution in [1.82, 2.24) is 0 Å². The molecule has 0 bridgehead atoms. The Kier molecular flexibility index (Phi) is 7.59. The predicted molar refractivity (Wildman–Crippen MR) is 139 cm³/mol. The van der Waals surface area contributed by atoms with E-state index in [0.29, 0.717) is 27.6 Å². The van der Waals surface area contributed by atoms with Gasteiger partial charge in [0, 0.05) is 29.6 Å². The van der Waals surface area contributed by atoms with Gasteiger partial charge in [-0.15, -0.1) is 11.3 Å². The van der Waals surface area contributed by atoms with Gasteiger partial charge in [0.1, 0.15) is 10.6 Å². The number of carbonyl (C=O) groups excluding carboxylic acids is 3. The van der Waals surface area contributed by atoms with Crippen LogP contribution in [0.25, 0.3) is 11.1 Å². The number of nitrogens with zero attached hydrogens (tertiary/aromatic N) is 1. The minimum absolute atomic E-state index is 0.0996. The Morgan fingerprint density at radius 2 is 1.81 bits per heavy atom. The van der Waals surface area contributed by atoms with Gasteiger partial charge in [0.15, 0.2) is 11.5 Å². The van der Waals surface area contributed by atoms with E-state index in [1.165, 1.54) is 18.4 Å². The van der Waals surface area contributed by atoms with Crippen LogP contribution in [0.4, 0.5) is 10.7 Å². The van der Waals surface area contributed by atoms with Crippen LogP contribution in [0.1, 0.15) is 29.3 Å². The Morgan fingerprint density at radius 3 is 2.47 bits per heavy atom. The molecule has 1 aliphatic heterocycles. The number of thiophene rings is 1. The van der Waals surface area contributed by atoms with E-state index in [2.05, 4.69) is 5.32 Å². The molecule has 4 rings (SSSR count). The number of nitrogens with one attached hydrogen (secondary N) is 1. The number of esters is 1. The van der Waals surface area contributed by atoms with Crippen molar-refractivity contribution >= 4 is 39.8 Å². The van der Waals surface area contributed by atoms with Crippen LogP contribution in [-0.4, -0.2) is 45.2 Å². The number of aryl methyl sites for hydroxylation is 1. The predicted octanol–water partition coefficient (Wildman–Crippen LogP) is 4.91. The molecule has 0 spiro atoms. The van der Waals surface area contributed by atoms with Crippen LogP contribution < -0.4 is 19.7 Å². The molecule has 188 valence electrons. The summed E-state index contributed by atoms with van der Waals surface area (Å²) in [4.78, 5) is 40.4. The summed E-state index contributed by atoms with van der Waals surface area (Å²) in [7, 11) is 3.09. The molecular weight excluding hydrogens is 480 g/mol. The Morgan fingerprint density at radius 1 is 1.08 bits per heavy atom. The van der Waals surface area contributed by atoms with Gasteiger partial charge in [0.05, 0.1) is 26.7 Å². The highest BCUT2D eigenvalue weighted by atomic mass is 32.1. The van der Waals surface area contributed by atoms with Crippen molar-refractivity contribution < 1.29 is 28.6 Å². The standard InChI is InChI=1S/C27H28N2O6S/c1-5-35-27(32)24-20(17-8-11-21(33-3)22(12-17)34-4)15-36-26(24)28-25(31)18-13-23(30)29(14-18)19-9-6-16(2)7-10-19/h6-12,15,18H,5,13-14H2,1-4H3,(H,28,31). The fourth-order valence-electron chi connectivity index (χ4n) is 4.14. The number of methoxy groups -OCH3 is 2. The van der Waals surface area contributed by atoms with Gasteiger partial charge in [-0.2, -0.15) is 0 Å². The first-order valence-corrected chi connectivity index (χ1v) is 12.4. The van der Waals surface area contributed by atoms with Crippen LogP contribution in [0.2, 0.25) is 0 Å². The maximum absolute atomic E-state index is 13.2. The van der Waals surface area contributed by atoms with Crippen molar-refractivity contribution in [3.05, 3.63) is 59.0 Å². The zero-order valence-corrected chi connectivity index (χ0v) is 21.4. The molecule has 3 aromatic rings. The molecule has 1 aliphatic rings. The first kappa shape index (κ1) is 25.2. The van der Waals surface area contributed by atoms with E-state index in [4.69, 9.17) is 14.2 Å². The topological polar surface area (TPSA) is 94.2 Å². The van der Waals surface area contributed by atoms with Gasteiger partial charge in [0.25, 0.3) is 0 Å². The van der Waals surface area contributed by atoms with Crippen molar-refractivity contribution in [2.24, 2.45) is 5.92 Å². The third-order valence-corrected chi connectivity index (χ3v) is 6.94. The van der Waals surface area contributed by atoms with Gasteiger partial charge in [0.2, 0.25) is 11.8 Å². The second-order valence-corrected chi connectivity index (χ2v) is 9.25. The molecule has 2 heterocycles. The molecule has 1 unspecified atom stereocenters. The van der Waals surface area contributed by atoms with Crippen LogP contribution in [0, 0.1) is 12.8 Å². The smallest absolute Gasteiger partial charge is 0.341 e. The highest BCUT2D eigenvalue weighted by Gasteiger charge is 2.36. The molecule has 8 nitrogen and oxygen atoms in total. The molecule has 1 aromatic heterocycles. The molecule has 1 saturated heterocycles. The third-order valence-electron chi connectivity index (χ3n) is 6.04. The second-order valence-electron chi connectivity index (χ2n) is 8.37. The van der Waals surface area contributed by atoms with Crippen molar-refractivity contribution in [1.29, 1.82) is 0 Å². The monoisotopic (exact) mass is 508 g/mol. The molecule has 36 heavy (non-hydrogen) atoms. The summed E-state index contributed by atoms with van der Waals surface area (Å²) in [6.45, 7) is 4.17. The first-order chi connectivity index (χ1) is 17.4. The number of benzene rings is 2. The van der Waals surface area contributed by atoms with Crippen LogP contribution in [0.15, 0.2) is 47.8 Å². The SMILES string of the molecule is CCOC(=O)c1c(-c2ccc(OC)c(OC)c2)csc1NC(=O)C1CC(=O)N(c2ccc(C)cc2)C1. The second kappa shape index (κ2) is 10.8. The summed E-state index contributed by atoms with van der Waals surface area (Å²) in [5, 5.41) is 5.05. The van der Waals surface area contributed by atoms with E-state index in [0.717, 1.165) is 11.3 Å². The van der Waals surface area contributed by atoms with Crippen molar-refractivity contribution in [3.8, 4) is 22.6 Å². The normalized spacial score (nSPS) is 15.1. The van der Waals surface area contributed by atoms with E-state index >= 15 is 0 Å². The lowest BCUT2D eigenvalue weighted by Crippen LogP contribution is -2.28. The van der Waals surface area contributed by atoms with E-state index < -0.39 is 11.9 Å². The van der Waals surface area contributed by atoms with Crippen molar-refractivity contribution in [3.63, 3.8) is 0 Å². The van der Waals surface area contributed by atoms with Crippen LogP contribution in [0.3, 0.4) is 0 Å². The Hall–Kier alpha value is -3.85. The lowest BCUT2D eigenvalue weighted by Gasteiger charge is -2.17. The van der Waals surface area contributed by atoms with Crippen molar-refractivity contribution in [2.75, 3.05) is 37.6 Å². The van der Waals surface area contributed by atoms with E-state index in [-0.39, 0.29) is 37.0 Å². The number of carbonyl (C=O) groups is 3. The summed E-state index contributed by atoms with van der Waals surface area (Å²) in [6, 6.07) is 13.0. The van der Waals surface area contributed by atoms with E-state index in [9.17, 15) is 14.4 Å². The summed E-state index contributed by atoms with van der Waals surface area (Å²) in [5.41, 5.74) is 3.45. The largest absolute Gasteiger partial charge is 0.493 e. The number of rotatable bonds is 8. The molecule has 1 N–H and O–H groups in total. The minimum Gasteiger partial charge on any atom is -0.493 e. The number of anilines is 2. The lowest BCUT2D eigenvalue weighted by molar-refractivity contribution is -0.122. The maximum Gasteiger partial charge on any atom is 0.341 e. The molecule has 2 amide bonds. The number of hydrogen-bond donors (Lipinski definition) is 1. The molecule has 0 radical (unpaired) electrons. The maximum atomic E-state index is 13.2. The summed E-state index contributed by atoms with van der Waals surface area (Å²) in [6.07, 6.45) is 0.0996. The van der Waals surface area contributed by atoms with Crippen LogP contribution >= 0.6 is 11.3 Å². The average molecular weight is 509 g/mol. The molecule has 0 saturated carbocycles. The zero-order valence-electron chi connectivity index (χ0n) is 20.6. The minimum atomic E-state index is -0.541. The Bertz CT molecular complexity index is 1280. The highest BCUT2D eigenvalue weighted by molar-refractivity contribution is 7.15. The van der Waals surface area contributed by atoms with E-state index in [1.807, 2.05) is 37.3 Å². The summed E-state index contributed by atoms with van der Waals surface area (Å²) < 4.78 is 16.0. The Balaban J connectivity index is 1.60. The fourth-order valence-corrected chi connectivity index (χ4v) is 5.10. The van der Waals surface area contributed by atoms with Gasteiger partial charge in [-0.25, -0.2) is 4.79 Å². The summed E-state index contributed by atoms with van der Waals surface area (Å²) in [5.74, 6) is -0.428. The van der Waals surface area contributed by atoms with Gasteiger partial charge >= 0.3 is 5.97 Å². The number of ether oxygens (including phenoxy) is 3. The molecule has 0 aliphatic carbocycles. The van der Waals surface area contributed by atoms with Gasteiger partial charge < -0.3 is 24.4 Å². The van der Waals surface area contributed by atoms with Gasteiger partial charge in [-0.05, 0) is 43.7 Å². The quantitative estimate of drug-likeness (QED) is 0.435. The molecule has 1 atom stereocenters. The molecule has 1 fully saturated rings. The van der Waals surface area contributed by atoms with Gasteiger partial charge in [-0.1, -0.05) is 23.8 Å². The zero-order chi connectivity index (χ0) is 25.8. The lowest BCUT2D eigenvalue weighted by atomic mass is 10.0. The van der Waals surface area contributed by atoms with Crippen LogP contribution in [0.5, 0.6) is 11.5 Å². The fraction of sp³-hybridized carbons (Fsp3) is 0.296. The summed E-state index contributed by atoms with van der Waals surface area (Å²) >= 11 is 1.23. The molecule has 9 heteroatoms. The third kappa shape index (κ3) is 5.06. The Labute approximate surface area is 213 Å². The number of hydrogen-bond acceptors (Lipinski definition) is 7. The average Bonchev–Trinajstić information content (AvgIpc) is 3.48. The highest BCUT2D eigenvalue weighted by Crippen LogP contribution is 2.40. The number of amides is 2. The molecule has 2 aromatic carbocycles.